The van der Waals surface area contributed by atoms with Crippen LogP contribution >= 0.6 is 0 Å². The maximum atomic E-state index is 11.0. The van der Waals surface area contributed by atoms with Crippen LogP contribution in [0, 0.1) is 0 Å². The summed E-state index contributed by atoms with van der Waals surface area (Å²) in [4.78, 5) is 25.6. The number of hydrogen-bond acceptors (Lipinski definition) is 7. The van der Waals surface area contributed by atoms with Crippen molar-refractivity contribution < 1.29 is 9.90 Å². The monoisotopic (exact) mass is 322 g/mol. The Morgan fingerprint density at radius 1 is 1.12 bits per heavy atom. The Kier molecular flexibility index (Phi) is 2.99. The molecule has 2 aromatic heterocycles. The van der Waals surface area contributed by atoms with Crippen molar-refractivity contribution in [1.29, 1.82) is 0 Å². The van der Waals surface area contributed by atoms with E-state index in [1.54, 1.807) is 30.5 Å². The molecule has 1 aromatic carbocycles. The number of aromatic carboxylic acids is 1. The standard InChI is InChI=1S/C16H14N6O2/c17-13-12-11-7-22(10-3-1-8(2-4-10)15(23)24)6-9(11)5-19-14(12)21-16(18)20-13/h1-5H,6-7H2,(H,23,24)(H4,17,18,19,20,21). The first-order chi connectivity index (χ1) is 11.5. The van der Waals surface area contributed by atoms with Crippen LogP contribution in [-0.2, 0) is 13.1 Å². The van der Waals surface area contributed by atoms with Gasteiger partial charge in [0.1, 0.15) is 5.82 Å². The molecule has 0 aliphatic carbocycles. The number of benzene rings is 1. The first kappa shape index (κ1) is 14.2. The van der Waals surface area contributed by atoms with Crippen molar-refractivity contribution in [3.8, 4) is 0 Å². The molecule has 0 saturated carbocycles. The number of anilines is 3. The number of carbonyl (C=O) groups is 1. The molecule has 1 aliphatic heterocycles. The van der Waals surface area contributed by atoms with Crippen LogP contribution in [0.15, 0.2) is 30.5 Å². The van der Waals surface area contributed by atoms with Crippen molar-refractivity contribution >= 4 is 34.5 Å². The zero-order chi connectivity index (χ0) is 16.8. The molecule has 120 valence electrons. The van der Waals surface area contributed by atoms with E-state index < -0.39 is 5.97 Å². The van der Waals surface area contributed by atoms with Gasteiger partial charge >= 0.3 is 5.97 Å². The summed E-state index contributed by atoms with van der Waals surface area (Å²) in [6, 6.07) is 6.77. The highest BCUT2D eigenvalue weighted by molar-refractivity contribution is 5.91. The fourth-order valence-electron chi connectivity index (χ4n) is 3.01. The van der Waals surface area contributed by atoms with Gasteiger partial charge in [0.05, 0.1) is 10.9 Å². The summed E-state index contributed by atoms with van der Waals surface area (Å²) < 4.78 is 0. The predicted molar refractivity (Wildman–Crippen MR) is 89.4 cm³/mol. The fraction of sp³-hybridized carbons (Fsp3) is 0.125. The summed E-state index contributed by atoms with van der Waals surface area (Å²) in [5.41, 5.74) is 15.4. The lowest BCUT2D eigenvalue weighted by atomic mass is 10.1. The van der Waals surface area contributed by atoms with Crippen molar-refractivity contribution in [2.24, 2.45) is 0 Å². The van der Waals surface area contributed by atoms with Crippen LogP contribution in [0.2, 0.25) is 0 Å². The molecule has 4 rings (SSSR count). The van der Waals surface area contributed by atoms with Gasteiger partial charge in [-0.2, -0.15) is 9.97 Å². The quantitative estimate of drug-likeness (QED) is 0.645. The van der Waals surface area contributed by atoms with E-state index in [0.29, 0.717) is 24.6 Å². The minimum Gasteiger partial charge on any atom is -0.478 e. The van der Waals surface area contributed by atoms with E-state index in [9.17, 15) is 4.79 Å². The van der Waals surface area contributed by atoms with Crippen LogP contribution < -0.4 is 16.4 Å². The van der Waals surface area contributed by atoms with E-state index in [0.717, 1.165) is 22.2 Å². The van der Waals surface area contributed by atoms with Gasteiger partial charge in [0.2, 0.25) is 5.95 Å². The Hall–Kier alpha value is -3.42. The summed E-state index contributed by atoms with van der Waals surface area (Å²) in [7, 11) is 0. The van der Waals surface area contributed by atoms with E-state index in [1.807, 2.05) is 0 Å². The van der Waals surface area contributed by atoms with E-state index in [2.05, 4.69) is 19.9 Å². The van der Waals surface area contributed by atoms with Crippen LogP contribution in [-0.4, -0.2) is 26.0 Å². The molecule has 0 spiro atoms. The van der Waals surface area contributed by atoms with Gasteiger partial charge in [-0.3, -0.25) is 0 Å². The smallest absolute Gasteiger partial charge is 0.335 e. The average molecular weight is 322 g/mol. The maximum absolute atomic E-state index is 11.0. The molecular weight excluding hydrogens is 308 g/mol. The zero-order valence-electron chi connectivity index (χ0n) is 12.6. The van der Waals surface area contributed by atoms with Gasteiger partial charge in [-0.05, 0) is 35.4 Å². The van der Waals surface area contributed by atoms with Crippen molar-refractivity contribution in [2.45, 2.75) is 13.1 Å². The average Bonchev–Trinajstić information content (AvgIpc) is 2.98. The van der Waals surface area contributed by atoms with Crippen molar-refractivity contribution in [3.63, 3.8) is 0 Å². The Morgan fingerprint density at radius 2 is 1.88 bits per heavy atom. The summed E-state index contributed by atoms with van der Waals surface area (Å²) >= 11 is 0. The minimum absolute atomic E-state index is 0.103. The largest absolute Gasteiger partial charge is 0.478 e. The highest BCUT2D eigenvalue weighted by atomic mass is 16.4. The molecule has 3 heterocycles. The number of fused-ring (bicyclic) bond motifs is 3. The number of carboxylic acid groups (broad SMARTS) is 1. The third-order valence-electron chi connectivity index (χ3n) is 4.16. The van der Waals surface area contributed by atoms with Crippen LogP contribution in [0.4, 0.5) is 17.5 Å². The van der Waals surface area contributed by atoms with E-state index in [1.165, 1.54) is 0 Å². The predicted octanol–water partition coefficient (Wildman–Crippen LogP) is 1.41. The third-order valence-corrected chi connectivity index (χ3v) is 4.16. The Balaban J connectivity index is 1.73. The highest BCUT2D eigenvalue weighted by Crippen LogP contribution is 2.33. The lowest BCUT2D eigenvalue weighted by molar-refractivity contribution is 0.0697. The van der Waals surface area contributed by atoms with Gasteiger partial charge in [0, 0.05) is 25.0 Å². The van der Waals surface area contributed by atoms with E-state index >= 15 is 0 Å². The van der Waals surface area contributed by atoms with Gasteiger partial charge in [-0.1, -0.05) is 0 Å². The van der Waals surface area contributed by atoms with Crippen LogP contribution in [0.25, 0.3) is 11.0 Å². The molecule has 8 nitrogen and oxygen atoms in total. The zero-order valence-corrected chi connectivity index (χ0v) is 12.6. The van der Waals surface area contributed by atoms with Crippen molar-refractivity contribution in [3.05, 3.63) is 47.2 Å². The Morgan fingerprint density at radius 3 is 2.58 bits per heavy atom. The second kappa shape index (κ2) is 5.05. The van der Waals surface area contributed by atoms with E-state index in [4.69, 9.17) is 16.6 Å². The second-order valence-electron chi connectivity index (χ2n) is 5.64. The van der Waals surface area contributed by atoms with Crippen molar-refractivity contribution in [1.82, 2.24) is 15.0 Å². The van der Waals surface area contributed by atoms with Crippen LogP contribution in [0.3, 0.4) is 0 Å². The molecule has 1 aliphatic rings. The summed E-state index contributed by atoms with van der Waals surface area (Å²) in [6.07, 6.45) is 1.77. The molecule has 0 atom stereocenters. The molecule has 0 saturated heterocycles. The summed E-state index contributed by atoms with van der Waals surface area (Å²) in [5, 5.41) is 9.72. The molecule has 5 N–H and O–H groups in total. The lowest BCUT2D eigenvalue weighted by Crippen LogP contribution is -2.14. The Bertz CT molecular complexity index is 970. The first-order valence-electron chi connectivity index (χ1n) is 7.30. The number of nitrogens with two attached hydrogens (primary N) is 2. The van der Waals surface area contributed by atoms with Gasteiger partial charge in [-0.15, -0.1) is 0 Å². The lowest BCUT2D eigenvalue weighted by Gasteiger charge is -2.17. The van der Waals surface area contributed by atoms with Crippen molar-refractivity contribution in [2.75, 3.05) is 16.4 Å². The molecule has 0 unspecified atom stereocenters. The number of carboxylic acids is 1. The molecule has 8 heteroatoms. The number of hydrogen-bond donors (Lipinski definition) is 3. The molecule has 24 heavy (non-hydrogen) atoms. The van der Waals surface area contributed by atoms with Gasteiger partial charge in [-0.25, -0.2) is 9.78 Å². The molecule has 3 aromatic rings. The number of nitrogen functional groups attached to an aromatic ring is 2. The van der Waals surface area contributed by atoms with Gasteiger partial charge in [0.15, 0.2) is 5.65 Å². The topological polar surface area (TPSA) is 131 Å². The normalized spacial score (nSPS) is 13.2. The summed E-state index contributed by atoms with van der Waals surface area (Å²) in [5.74, 6) is -0.513. The number of pyridine rings is 1. The number of aromatic nitrogens is 3. The molecule has 0 fully saturated rings. The summed E-state index contributed by atoms with van der Waals surface area (Å²) in [6.45, 7) is 1.28. The fourth-order valence-corrected chi connectivity index (χ4v) is 3.01. The third kappa shape index (κ3) is 2.16. The van der Waals surface area contributed by atoms with Crippen LogP contribution in [0.5, 0.6) is 0 Å². The first-order valence-corrected chi connectivity index (χ1v) is 7.30. The molecular formula is C16H14N6O2. The van der Waals surface area contributed by atoms with E-state index in [-0.39, 0.29) is 11.5 Å². The SMILES string of the molecule is Nc1nc(N)c2c3c(cnc2n1)CN(c1ccc(C(=O)O)cc1)C3. The van der Waals surface area contributed by atoms with Gasteiger partial charge in [0.25, 0.3) is 0 Å². The van der Waals surface area contributed by atoms with Gasteiger partial charge < -0.3 is 21.5 Å². The van der Waals surface area contributed by atoms with Crippen LogP contribution in [0.1, 0.15) is 21.5 Å². The number of rotatable bonds is 2. The second-order valence-corrected chi connectivity index (χ2v) is 5.64. The maximum Gasteiger partial charge on any atom is 0.335 e. The molecule has 0 radical (unpaired) electrons. The minimum atomic E-state index is -0.941. The molecule has 0 amide bonds. The number of nitrogens with zero attached hydrogens (tertiary/aromatic N) is 4. The molecule has 0 bridgehead atoms. The highest BCUT2D eigenvalue weighted by Gasteiger charge is 2.24. The Labute approximate surface area is 136 Å².